The minimum absolute atomic E-state index is 0.0133. The Bertz CT molecular complexity index is 199. The zero-order valence-corrected chi connectivity index (χ0v) is 9.25. The van der Waals surface area contributed by atoms with E-state index < -0.39 is 5.51 Å². The molecule has 3 nitrogen and oxygen atoms in total. The van der Waals surface area contributed by atoms with Gasteiger partial charge >= 0.3 is 5.51 Å². The molecule has 0 spiro atoms. The summed E-state index contributed by atoms with van der Waals surface area (Å²) in [6.07, 6.45) is 0.831. The van der Waals surface area contributed by atoms with Gasteiger partial charge in [0.05, 0.1) is 0 Å². The Morgan fingerprint density at radius 2 is 2.13 bits per heavy atom. The lowest BCUT2D eigenvalue weighted by molar-refractivity contribution is -0.121. The van der Waals surface area contributed by atoms with E-state index in [0.717, 1.165) is 0 Å². The third-order valence-corrected chi connectivity index (χ3v) is 2.40. The Hall–Kier alpha value is -0.430. The normalized spacial score (nSPS) is 13.7. The SMILES string of the molecule is CCC(N)CC(=O)NCCSC(F)(F)F. The third kappa shape index (κ3) is 9.86. The molecule has 1 unspecified atom stereocenters. The van der Waals surface area contributed by atoms with E-state index in [2.05, 4.69) is 5.32 Å². The van der Waals surface area contributed by atoms with Gasteiger partial charge in [-0.1, -0.05) is 6.92 Å². The lowest BCUT2D eigenvalue weighted by Crippen LogP contribution is -2.32. The quantitative estimate of drug-likeness (QED) is 0.696. The minimum atomic E-state index is -4.23. The van der Waals surface area contributed by atoms with Crippen molar-refractivity contribution in [1.82, 2.24) is 5.32 Å². The molecular formula is C8H15F3N2OS. The van der Waals surface area contributed by atoms with Crippen LogP contribution >= 0.6 is 11.8 Å². The van der Waals surface area contributed by atoms with Gasteiger partial charge in [-0.2, -0.15) is 13.2 Å². The van der Waals surface area contributed by atoms with Crippen LogP contribution in [0.25, 0.3) is 0 Å². The summed E-state index contributed by atoms with van der Waals surface area (Å²) in [4.78, 5) is 11.1. The van der Waals surface area contributed by atoms with Gasteiger partial charge in [0.25, 0.3) is 0 Å². The van der Waals surface area contributed by atoms with Gasteiger partial charge in [0.2, 0.25) is 5.91 Å². The Balaban J connectivity index is 3.48. The van der Waals surface area contributed by atoms with Crippen molar-refractivity contribution in [2.24, 2.45) is 5.73 Å². The first kappa shape index (κ1) is 14.6. The fourth-order valence-electron chi connectivity index (χ4n) is 0.812. The van der Waals surface area contributed by atoms with Crippen LogP contribution in [0.1, 0.15) is 19.8 Å². The first-order chi connectivity index (χ1) is 6.85. The maximum absolute atomic E-state index is 11.7. The number of thioether (sulfide) groups is 1. The maximum Gasteiger partial charge on any atom is 0.441 e. The Morgan fingerprint density at radius 1 is 1.53 bits per heavy atom. The molecule has 0 aromatic rings. The zero-order valence-electron chi connectivity index (χ0n) is 8.43. The van der Waals surface area contributed by atoms with E-state index in [1.807, 2.05) is 6.92 Å². The second kappa shape index (κ2) is 6.95. The van der Waals surface area contributed by atoms with Crippen LogP contribution in [0, 0.1) is 0 Å². The number of nitrogens with two attached hydrogens (primary N) is 1. The summed E-state index contributed by atoms with van der Waals surface area (Å²) in [7, 11) is 0. The summed E-state index contributed by atoms with van der Waals surface area (Å²) < 4.78 is 35.0. The summed E-state index contributed by atoms with van der Waals surface area (Å²) in [5, 5.41) is 2.38. The molecule has 0 saturated heterocycles. The van der Waals surface area contributed by atoms with Gasteiger partial charge in [0.1, 0.15) is 0 Å². The largest absolute Gasteiger partial charge is 0.441 e. The molecular weight excluding hydrogens is 229 g/mol. The average Bonchev–Trinajstić information content (AvgIpc) is 2.11. The molecule has 0 saturated carbocycles. The van der Waals surface area contributed by atoms with E-state index in [4.69, 9.17) is 5.73 Å². The second-order valence-electron chi connectivity index (χ2n) is 3.02. The predicted octanol–water partition coefficient (Wildman–Crippen LogP) is 1.48. The molecule has 0 rings (SSSR count). The zero-order chi connectivity index (χ0) is 11.9. The summed E-state index contributed by atoms with van der Waals surface area (Å²) >= 11 is -0.146. The molecule has 0 aromatic carbocycles. The Labute approximate surface area is 91.0 Å². The number of alkyl halides is 3. The van der Waals surface area contributed by atoms with Gasteiger partial charge in [0, 0.05) is 24.8 Å². The summed E-state index contributed by atoms with van der Waals surface area (Å²) in [6, 6.07) is -0.222. The highest BCUT2D eigenvalue weighted by atomic mass is 32.2. The van der Waals surface area contributed by atoms with Crippen molar-refractivity contribution in [3.63, 3.8) is 0 Å². The smallest absolute Gasteiger partial charge is 0.355 e. The summed E-state index contributed by atoms with van der Waals surface area (Å²) in [5.41, 5.74) is 1.27. The third-order valence-electron chi connectivity index (χ3n) is 1.66. The van der Waals surface area contributed by atoms with Crippen molar-refractivity contribution in [3.05, 3.63) is 0 Å². The number of carbonyl (C=O) groups excluding carboxylic acids is 1. The van der Waals surface area contributed by atoms with Crippen LogP contribution in [0.3, 0.4) is 0 Å². The van der Waals surface area contributed by atoms with Gasteiger partial charge in [-0.15, -0.1) is 0 Å². The molecule has 0 aliphatic rings. The standard InChI is InChI=1S/C8H15F3N2OS/c1-2-6(12)5-7(14)13-3-4-15-8(9,10)11/h6H,2-5,12H2,1H3,(H,13,14). The first-order valence-corrected chi connectivity index (χ1v) is 5.56. The molecule has 0 aliphatic heterocycles. The van der Waals surface area contributed by atoms with E-state index in [9.17, 15) is 18.0 Å². The van der Waals surface area contributed by atoms with Crippen LogP contribution in [0.4, 0.5) is 13.2 Å². The molecule has 0 heterocycles. The molecule has 3 N–H and O–H groups in total. The van der Waals surface area contributed by atoms with Gasteiger partial charge in [0.15, 0.2) is 0 Å². The Kier molecular flexibility index (Phi) is 6.75. The fourth-order valence-corrected chi connectivity index (χ4v) is 1.25. The molecule has 15 heavy (non-hydrogen) atoms. The predicted molar refractivity (Wildman–Crippen MR) is 54.4 cm³/mol. The maximum atomic E-state index is 11.7. The molecule has 0 aliphatic carbocycles. The molecule has 1 amide bonds. The molecule has 0 fully saturated rings. The van der Waals surface area contributed by atoms with Crippen molar-refractivity contribution < 1.29 is 18.0 Å². The van der Waals surface area contributed by atoms with Crippen LogP contribution in [0.2, 0.25) is 0 Å². The van der Waals surface area contributed by atoms with E-state index in [-0.39, 0.29) is 42.4 Å². The lowest BCUT2D eigenvalue weighted by atomic mass is 10.1. The van der Waals surface area contributed by atoms with Crippen molar-refractivity contribution >= 4 is 17.7 Å². The number of halogens is 3. The van der Waals surface area contributed by atoms with Gasteiger partial charge in [-0.05, 0) is 18.2 Å². The average molecular weight is 244 g/mol. The number of amides is 1. The van der Waals surface area contributed by atoms with E-state index in [1.54, 1.807) is 0 Å². The summed E-state index contributed by atoms with van der Waals surface area (Å²) in [6.45, 7) is 1.86. The monoisotopic (exact) mass is 244 g/mol. The topological polar surface area (TPSA) is 55.1 Å². The minimum Gasteiger partial charge on any atom is -0.355 e. The molecule has 1 atom stereocenters. The van der Waals surface area contributed by atoms with Crippen LogP contribution in [0.15, 0.2) is 0 Å². The fraction of sp³-hybridized carbons (Fsp3) is 0.875. The van der Waals surface area contributed by atoms with Crippen molar-refractivity contribution in [2.75, 3.05) is 12.3 Å². The molecule has 0 radical (unpaired) electrons. The Morgan fingerprint density at radius 3 is 2.60 bits per heavy atom. The number of nitrogens with one attached hydrogen (secondary N) is 1. The van der Waals surface area contributed by atoms with E-state index in [0.29, 0.717) is 6.42 Å². The molecule has 0 bridgehead atoms. The van der Waals surface area contributed by atoms with Crippen LogP contribution < -0.4 is 11.1 Å². The lowest BCUT2D eigenvalue weighted by Gasteiger charge is -2.09. The van der Waals surface area contributed by atoms with Crippen LogP contribution in [-0.2, 0) is 4.79 Å². The van der Waals surface area contributed by atoms with Crippen molar-refractivity contribution in [3.8, 4) is 0 Å². The summed E-state index contributed by atoms with van der Waals surface area (Å²) in [5.74, 6) is -0.469. The van der Waals surface area contributed by atoms with Gasteiger partial charge < -0.3 is 11.1 Å². The number of rotatable bonds is 6. The number of hydrogen-bond acceptors (Lipinski definition) is 3. The van der Waals surface area contributed by atoms with Crippen LogP contribution in [-0.4, -0.2) is 29.8 Å². The number of carbonyl (C=O) groups is 1. The van der Waals surface area contributed by atoms with Crippen molar-refractivity contribution in [1.29, 1.82) is 0 Å². The first-order valence-electron chi connectivity index (χ1n) is 4.58. The molecule has 90 valence electrons. The highest BCUT2D eigenvalue weighted by Gasteiger charge is 2.27. The van der Waals surface area contributed by atoms with Crippen LogP contribution in [0.5, 0.6) is 0 Å². The second-order valence-corrected chi connectivity index (χ2v) is 4.18. The molecule has 0 aromatic heterocycles. The van der Waals surface area contributed by atoms with E-state index in [1.165, 1.54) is 0 Å². The van der Waals surface area contributed by atoms with E-state index >= 15 is 0 Å². The van der Waals surface area contributed by atoms with Crippen molar-refractivity contribution in [2.45, 2.75) is 31.3 Å². The highest BCUT2D eigenvalue weighted by molar-refractivity contribution is 8.00. The van der Waals surface area contributed by atoms with Gasteiger partial charge in [-0.25, -0.2) is 0 Å². The number of hydrogen-bond donors (Lipinski definition) is 2. The highest BCUT2D eigenvalue weighted by Crippen LogP contribution is 2.29. The molecule has 7 heteroatoms. The van der Waals surface area contributed by atoms with Gasteiger partial charge in [-0.3, -0.25) is 4.79 Å².